The second-order valence-electron chi connectivity index (χ2n) is 15.6. The van der Waals surface area contributed by atoms with E-state index < -0.39 is 306 Å². The SMILES string of the molecule is [2H]c1c([2H])c([2H])c([Si](c2ccccc2)(c2ccccc2)c2c([2H])c([2H])c3c4c([2H])c([2H])c([2H])c([2H])c4n(-c4nc(-c5c([2H])c([2H])c([2H])c([2H])c5-n5c6c([2H])c([2H])c([2H])c([2H])c6c6c([2H])c([2H])c([2H])c([2H])c65)nc(-n5c6c([2H])c([2H])c([2H])c([2H])c6c6c([2H])c([2H])c([2H])c([2H])c65)n4)c3c2[2H])c([2H])c1[2H]. The van der Waals surface area contributed by atoms with E-state index in [1.807, 2.05) is 0 Å². The molecular weight excluding hydrogens is 869 g/mol. The molecule has 14 rings (SSSR count). The van der Waals surface area contributed by atoms with Gasteiger partial charge in [-0.05, 0) is 69.1 Å². The van der Waals surface area contributed by atoms with Crippen molar-refractivity contribution in [1.82, 2.24) is 28.7 Å². The molecule has 0 aliphatic rings. The lowest BCUT2D eigenvalue weighted by Crippen LogP contribution is -2.74. The summed E-state index contributed by atoms with van der Waals surface area (Å²) in [7, 11) is -5.07. The van der Waals surface area contributed by atoms with Crippen molar-refractivity contribution in [2.75, 3.05) is 0 Å². The third-order valence-electron chi connectivity index (χ3n) is 12.0. The molecule has 0 aliphatic heterocycles. The zero-order valence-electron chi connectivity index (χ0n) is 67.5. The number of hydrogen-bond donors (Lipinski definition) is 0. The van der Waals surface area contributed by atoms with Crippen molar-refractivity contribution in [3.05, 3.63) is 254 Å². The van der Waals surface area contributed by atoms with E-state index in [9.17, 15) is 27.4 Å². The summed E-state index contributed by atoms with van der Waals surface area (Å²) in [5.41, 5.74) is -6.18. The lowest BCUT2D eigenvalue weighted by atomic mass is 10.1. The van der Waals surface area contributed by atoms with E-state index in [1.54, 1.807) is 36.4 Å². The van der Waals surface area contributed by atoms with Crippen LogP contribution in [0.25, 0.3) is 94.4 Å². The first-order chi connectivity index (χ1) is 48.0. The van der Waals surface area contributed by atoms with Crippen LogP contribution in [0.15, 0.2) is 254 Å². The molecule has 0 atom stereocenters. The molecule has 7 heteroatoms. The summed E-state index contributed by atoms with van der Waals surface area (Å²) in [4.78, 5) is 14.5. The number of rotatable bonds is 8. The maximum Gasteiger partial charge on any atom is 0.240 e. The van der Waals surface area contributed by atoms with Gasteiger partial charge in [-0.15, -0.1) is 0 Å². The Morgan fingerprint density at radius 3 is 1.21 bits per heavy atom. The van der Waals surface area contributed by atoms with Crippen LogP contribution in [0.5, 0.6) is 0 Å². The first-order valence-corrected chi connectivity index (χ1v) is 23.2. The van der Waals surface area contributed by atoms with Gasteiger partial charge in [0.2, 0.25) is 11.9 Å². The fraction of sp³-hybridized carbons (Fsp3) is 0. The molecule has 0 N–H and O–H groups in total. The average Bonchev–Trinajstić information content (AvgIpc) is 1.25. The van der Waals surface area contributed by atoms with Crippen molar-refractivity contribution in [1.29, 1.82) is 0 Å². The van der Waals surface area contributed by atoms with Gasteiger partial charge < -0.3 is 4.57 Å². The van der Waals surface area contributed by atoms with Gasteiger partial charge in [0.1, 0.15) is 0 Å². The number of nitrogens with zero attached hydrogens (tertiary/aromatic N) is 6. The number of para-hydroxylation sites is 6. The van der Waals surface area contributed by atoms with Gasteiger partial charge in [-0.25, -0.2) is 0 Å². The average molecular weight is 943 g/mol. The molecule has 0 saturated heterocycles. The summed E-state index contributed by atoms with van der Waals surface area (Å²) in [5, 5.41) is -4.22. The normalized spacial score (nSPS) is 18.4. The predicted molar refractivity (Wildman–Crippen MR) is 292 cm³/mol. The summed E-state index contributed by atoms with van der Waals surface area (Å²) in [6.07, 6.45) is 0. The maximum atomic E-state index is 11.0. The van der Waals surface area contributed by atoms with Crippen LogP contribution in [0, 0.1) is 0 Å². The van der Waals surface area contributed by atoms with E-state index in [0.29, 0.717) is 4.57 Å². The van der Waals surface area contributed by atoms with Crippen LogP contribution in [0.1, 0.15) is 43.9 Å². The minimum Gasteiger partial charge on any atom is -0.309 e. The molecule has 0 unspecified atom stereocenters. The smallest absolute Gasteiger partial charge is 0.240 e. The van der Waals surface area contributed by atoms with E-state index >= 15 is 0 Å². The second-order valence-corrected chi connectivity index (χ2v) is 19.2. The molecule has 0 amide bonds. The van der Waals surface area contributed by atoms with E-state index in [2.05, 4.69) is 0 Å². The predicted octanol–water partition coefficient (Wildman–Crippen LogP) is 12.2. The number of fused-ring (bicyclic) bond motifs is 9. The molecule has 0 fully saturated rings. The Balaban J connectivity index is 1.29. The third kappa shape index (κ3) is 5.95. The molecule has 0 saturated carbocycles. The first kappa shape index (κ1) is 19.4. The van der Waals surface area contributed by atoms with Crippen LogP contribution in [0.2, 0.25) is 0 Å². The Bertz CT molecular complexity index is 6010. The minimum absolute atomic E-state index is 0.151. The van der Waals surface area contributed by atoms with Crippen molar-refractivity contribution in [2.45, 2.75) is 0 Å². The monoisotopic (exact) mass is 943 g/mol. The summed E-state index contributed by atoms with van der Waals surface area (Å²) in [6, 6.07) is -14.5. The van der Waals surface area contributed by atoms with Crippen LogP contribution in [-0.4, -0.2) is 36.7 Å². The van der Waals surface area contributed by atoms with Gasteiger partial charge in [0, 0.05) is 37.9 Å². The van der Waals surface area contributed by atoms with Gasteiger partial charge in [0.15, 0.2) is 13.9 Å². The van der Waals surface area contributed by atoms with Gasteiger partial charge in [-0.2, -0.15) is 15.0 Å². The minimum atomic E-state index is -5.07. The zero-order valence-corrected chi connectivity index (χ0v) is 36.5. The first-order valence-electron chi connectivity index (χ1n) is 37.2. The Kier molecular flexibility index (Phi) is 4.44. The van der Waals surface area contributed by atoms with Crippen LogP contribution in [0.4, 0.5) is 0 Å². The van der Waals surface area contributed by atoms with Gasteiger partial charge in [-0.1, -0.05) is 206 Å². The maximum absolute atomic E-state index is 11.0. The molecule has 0 radical (unpaired) electrons. The highest BCUT2D eigenvalue weighted by molar-refractivity contribution is 7.20. The van der Waals surface area contributed by atoms with Gasteiger partial charge in [0.25, 0.3) is 0 Å². The topological polar surface area (TPSA) is 53.5 Å². The number of hydrogen-bond acceptors (Lipinski definition) is 3. The highest BCUT2D eigenvalue weighted by Gasteiger charge is 2.41. The summed E-state index contributed by atoms with van der Waals surface area (Å²) in [5.74, 6) is -3.16. The number of benzene rings is 10. The molecule has 0 spiro atoms. The fourth-order valence-corrected chi connectivity index (χ4v) is 13.3. The van der Waals surface area contributed by atoms with Gasteiger partial charge in [0.05, 0.1) is 82.7 Å². The van der Waals surface area contributed by atoms with Crippen molar-refractivity contribution in [2.24, 2.45) is 0 Å². The second kappa shape index (κ2) is 16.0. The van der Waals surface area contributed by atoms with Crippen molar-refractivity contribution in [3.63, 3.8) is 0 Å². The third-order valence-corrected chi connectivity index (χ3v) is 16.4. The molecule has 0 bridgehead atoms. The highest BCUT2D eigenvalue weighted by atomic mass is 28.3. The van der Waals surface area contributed by atoms with Crippen LogP contribution >= 0.6 is 0 Å². The molecule has 70 heavy (non-hydrogen) atoms. The van der Waals surface area contributed by atoms with E-state index in [0.717, 1.165) is 9.13 Å². The molecular formula is C63H42N6Si. The van der Waals surface area contributed by atoms with E-state index in [4.69, 9.17) is 31.4 Å². The Morgan fingerprint density at radius 2 is 0.714 bits per heavy atom. The number of aromatic nitrogens is 6. The standard InChI is InChI=1S/C63H42N6Si/c1-4-22-43(23-5-1)70(44-24-6-2-7-25-44,45-26-8-3-9-27-45)46-40-41-52-51-32-14-20-38-58(51)69(60(52)42-46)63-65-61(64-62(66-63)68-56-36-18-12-30-49(56)50-31-13-19-37-57(50)68)53-33-15-21-39-59(53)67-54-34-16-10-28-47(54)48-29-11-17-35-55(48)67/h1-42H/i1D,4D,5D,10D,11D,12D,13D,14D,15D,16D,17D,18D,19D,20D,21D,22D,23D,28D,29D,30D,31D,32D,33D,34D,35D,36D,37D,38D,39D,40D,41D,42D. The van der Waals surface area contributed by atoms with Crippen LogP contribution in [0.3, 0.4) is 0 Å². The molecule has 14 aromatic rings. The van der Waals surface area contributed by atoms with Crippen LogP contribution < -0.4 is 20.7 Å². The summed E-state index contributed by atoms with van der Waals surface area (Å²) in [6.45, 7) is 0. The largest absolute Gasteiger partial charge is 0.309 e. The lowest BCUT2D eigenvalue weighted by Gasteiger charge is -2.34. The van der Waals surface area contributed by atoms with E-state index in [-0.39, 0.29) is 10.4 Å². The van der Waals surface area contributed by atoms with Crippen molar-refractivity contribution >= 4 is 94.2 Å². The fourth-order valence-electron chi connectivity index (χ4n) is 9.15. The molecule has 4 heterocycles. The van der Waals surface area contributed by atoms with Crippen molar-refractivity contribution < 1.29 is 43.9 Å². The quantitative estimate of drug-likeness (QED) is 0.113. The Labute approximate surface area is 449 Å². The summed E-state index contributed by atoms with van der Waals surface area (Å²) >= 11 is 0. The molecule has 4 aromatic heterocycles. The van der Waals surface area contributed by atoms with E-state index in [1.165, 1.54) is 24.3 Å². The van der Waals surface area contributed by atoms with Gasteiger partial charge >= 0.3 is 0 Å². The molecule has 328 valence electrons. The van der Waals surface area contributed by atoms with Crippen molar-refractivity contribution in [3.8, 4) is 29.0 Å². The van der Waals surface area contributed by atoms with Gasteiger partial charge in [-0.3, -0.25) is 9.13 Å². The zero-order chi connectivity index (χ0) is 74.0. The Hall–Kier alpha value is -9.17. The lowest BCUT2D eigenvalue weighted by molar-refractivity contribution is 0.892. The highest BCUT2D eigenvalue weighted by Crippen LogP contribution is 2.38. The molecule has 0 aliphatic carbocycles. The molecule has 6 nitrogen and oxygen atoms in total. The van der Waals surface area contributed by atoms with Crippen LogP contribution in [-0.2, 0) is 0 Å². The Morgan fingerprint density at radius 1 is 0.314 bits per heavy atom. The summed E-state index contributed by atoms with van der Waals surface area (Å²) < 4.78 is 303. The molecule has 10 aromatic carbocycles.